The molecule has 1 aliphatic rings. The van der Waals surface area contributed by atoms with Crippen LogP contribution >= 0.6 is 0 Å². The van der Waals surface area contributed by atoms with Crippen molar-refractivity contribution in [2.45, 2.75) is 13.0 Å². The lowest BCUT2D eigenvalue weighted by Crippen LogP contribution is -2.29. The van der Waals surface area contributed by atoms with E-state index in [1.165, 1.54) is 16.8 Å². The van der Waals surface area contributed by atoms with Crippen molar-refractivity contribution in [2.75, 3.05) is 25.5 Å². The molecule has 0 spiro atoms. The quantitative estimate of drug-likeness (QED) is 0.800. The summed E-state index contributed by atoms with van der Waals surface area (Å²) >= 11 is 0. The van der Waals surface area contributed by atoms with Gasteiger partial charge in [-0.3, -0.25) is 19.4 Å². The molecule has 9 heteroatoms. The largest absolute Gasteiger partial charge is 0.491 e. The molecule has 9 nitrogen and oxygen atoms in total. The van der Waals surface area contributed by atoms with Crippen molar-refractivity contribution >= 4 is 17.5 Å². The van der Waals surface area contributed by atoms with E-state index < -0.39 is 11.2 Å². The van der Waals surface area contributed by atoms with Crippen LogP contribution in [0.3, 0.4) is 0 Å². The van der Waals surface area contributed by atoms with Crippen LogP contribution in [0.25, 0.3) is 0 Å². The number of anilines is 1. The Morgan fingerprint density at radius 3 is 2.85 bits per heavy atom. The van der Waals surface area contributed by atoms with Crippen LogP contribution in [0.15, 0.2) is 40.1 Å². The molecule has 2 amide bonds. The molecule has 0 aliphatic carbocycles. The molecule has 0 saturated carbocycles. The monoisotopic (exact) mass is 358 g/mol. The van der Waals surface area contributed by atoms with E-state index in [4.69, 9.17) is 4.74 Å². The number of aryl methyl sites for hydroxylation is 1. The zero-order valence-corrected chi connectivity index (χ0v) is 14.2. The van der Waals surface area contributed by atoms with Crippen molar-refractivity contribution in [3.63, 3.8) is 0 Å². The molecule has 0 fully saturated rings. The Balaban J connectivity index is 1.68. The van der Waals surface area contributed by atoms with Gasteiger partial charge in [-0.05, 0) is 18.2 Å². The van der Waals surface area contributed by atoms with Gasteiger partial charge in [0.2, 0.25) is 5.91 Å². The highest BCUT2D eigenvalue weighted by molar-refractivity contribution is 5.99. The molecule has 2 heterocycles. The van der Waals surface area contributed by atoms with Crippen LogP contribution in [0.5, 0.6) is 5.75 Å². The Hall–Kier alpha value is -3.36. The summed E-state index contributed by atoms with van der Waals surface area (Å²) in [5.41, 5.74) is -0.201. The molecule has 0 saturated heterocycles. The molecule has 26 heavy (non-hydrogen) atoms. The number of hydrogen-bond donors (Lipinski definition) is 2. The molecule has 0 bridgehead atoms. The Bertz CT molecular complexity index is 962. The van der Waals surface area contributed by atoms with Gasteiger partial charge in [0.05, 0.1) is 12.1 Å². The van der Waals surface area contributed by atoms with Crippen LogP contribution in [-0.4, -0.2) is 46.5 Å². The first-order chi connectivity index (χ1) is 12.4. The van der Waals surface area contributed by atoms with E-state index in [0.717, 1.165) is 0 Å². The van der Waals surface area contributed by atoms with E-state index in [-0.39, 0.29) is 24.8 Å². The van der Waals surface area contributed by atoms with Gasteiger partial charge in [-0.1, -0.05) is 0 Å². The standard InChI is InChI=1S/C17H18N4O5/c1-20-8-9-26-13-3-2-11(10-12(13)16(20)24)18-14(22)4-6-21-7-5-15(23)19-17(21)25/h2-3,5,7,10H,4,6,8-9H2,1H3,(H,18,22)(H,19,23,25). The maximum Gasteiger partial charge on any atom is 0.328 e. The first kappa shape index (κ1) is 17.5. The zero-order chi connectivity index (χ0) is 18.7. The SMILES string of the molecule is CN1CCOc2ccc(NC(=O)CCn3ccc(=O)[nH]c3=O)cc2C1=O. The van der Waals surface area contributed by atoms with Crippen molar-refractivity contribution < 1.29 is 14.3 Å². The predicted molar refractivity (Wildman–Crippen MR) is 93.5 cm³/mol. The number of nitrogens with zero attached hydrogens (tertiary/aromatic N) is 2. The maximum absolute atomic E-state index is 12.3. The summed E-state index contributed by atoms with van der Waals surface area (Å²) in [6, 6.07) is 6.09. The Kier molecular flexibility index (Phi) is 4.87. The van der Waals surface area contributed by atoms with Crippen molar-refractivity contribution in [3.05, 3.63) is 56.9 Å². The van der Waals surface area contributed by atoms with Gasteiger partial charge in [0.25, 0.3) is 11.5 Å². The number of rotatable bonds is 4. The lowest BCUT2D eigenvalue weighted by molar-refractivity contribution is -0.116. The Labute approximate surface area is 148 Å². The molecule has 0 atom stereocenters. The molecule has 0 unspecified atom stereocenters. The summed E-state index contributed by atoms with van der Waals surface area (Å²) in [6.45, 7) is 1.02. The number of benzene rings is 1. The third kappa shape index (κ3) is 3.82. The van der Waals surface area contributed by atoms with Crippen LogP contribution in [0.2, 0.25) is 0 Å². The van der Waals surface area contributed by atoms with Gasteiger partial charge in [-0.2, -0.15) is 0 Å². The van der Waals surface area contributed by atoms with E-state index >= 15 is 0 Å². The number of likely N-dealkylation sites (N-methyl/N-ethyl adjacent to an activating group) is 1. The van der Waals surface area contributed by atoms with E-state index in [2.05, 4.69) is 10.3 Å². The van der Waals surface area contributed by atoms with E-state index in [1.807, 2.05) is 0 Å². The van der Waals surface area contributed by atoms with Crippen molar-refractivity contribution in [3.8, 4) is 5.75 Å². The highest BCUT2D eigenvalue weighted by atomic mass is 16.5. The van der Waals surface area contributed by atoms with Crippen LogP contribution in [0.4, 0.5) is 5.69 Å². The molecule has 2 N–H and O–H groups in total. The normalized spacial score (nSPS) is 13.6. The third-order valence-corrected chi connectivity index (χ3v) is 4.00. The number of carbonyl (C=O) groups excluding carboxylic acids is 2. The lowest BCUT2D eigenvalue weighted by Gasteiger charge is -2.13. The molecule has 1 aliphatic heterocycles. The number of ether oxygens (including phenoxy) is 1. The summed E-state index contributed by atoms with van der Waals surface area (Å²) < 4.78 is 6.78. The maximum atomic E-state index is 12.3. The molecule has 0 radical (unpaired) electrons. The zero-order valence-electron chi connectivity index (χ0n) is 14.2. The van der Waals surface area contributed by atoms with Crippen LogP contribution in [0, 0.1) is 0 Å². The molecule has 1 aromatic heterocycles. The number of aromatic amines is 1. The first-order valence-electron chi connectivity index (χ1n) is 8.06. The van der Waals surface area contributed by atoms with E-state index in [0.29, 0.717) is 30.2 Å². The van der Waals surface area contributed by atoms with Gasteiger partial charge in [-0.15, -0.1) is 0 Å². The second kappa shape index (κ2) is 7.26. The van der Waals surface area contributed by atoms with Crippen molar-refractivity contribution in [1.82, 2.24) is 14.5 Å². The Morgan fingerprint density at radius 1 is 1.27 bits per heavy atom. The van der Waals surface area contributed by atoms with Crippen LogP contribution < -0.4 is 21.3 Å². The summed E-state index contributed by atoms with van der Waals surface area (Å²) in [5.74, 6) is -0.0103. The minimum atomic E-state index is -0.568. The fourth-order valence-electron chi connectivity index (χ4n) is 2.57. The van der Waals surface area contributed by atoms with Gasteiger partial charge in [0.15, 0.2) is 0 Å². The minimum absolute atomic E-state index is 0.0351. The fraction of sp³-hybridized carbons (Fsp3) is 0.294. The second-order valence-electron chi connectivity index (χ2n) is 5.89. The van der Waals surface area contributed by atoms with Gasteiger partial charge in [0.1, 0.15) is 12.4 Å². The minimum Gasteiger partial charge on any atom is -0.491 e. The van der Waals surface area contributed by atoms with E-state index in [1.54, 1.807) is 30.1 Å². The molecule has 3 rings (SSSR count). The number of H-pyrrole nitrogens is 1. The van der Waals surface area contributed by atoms with Gasteiger partial charge >= 0.3 is 5.69 Å². The molecular formula is C17H18N4O5. The van der Waals surface area contributed by atoms with Gasteiger partial charge < -0.3 is 19.5 Å². The number of amides is 2. The Morgan fingerprint density at radius 2 is 2.08 bits per heavy atom. The van der Waals surface area contributed by atoms with Crippen LogP contribution in [-0.2, 0) is 11.3 Å². The summed E-state index contributed by atoms with van der Waals surface area (Å²) in [5, 5.41) is 2.70. The smallest absolute Gasteiger partial charge is 0.328 e. The molecule has 2 aromatic rings. The number of carbonyl (C=O) groups is 2. The third-order valence-electron chi connectivity index (χ3n) is 4.00. The molecule has 136 valence electrons. The highest BCUT2D eigenvalue weighted by Gasteiger charge is 2.21. The number of aromatic nitrogens is 2. The summed E-state index contributed by atoms with van der Waals surface area (Å²) in [4.78, 5) is 50.7. The topological polar surface area (TPSA) is 114 Å². The number of fused-ring (bicyclic) bond motifs is 1. The highest BCUT2D eigenvalue weighted by Crippen LogP contribution is 2.26. The van der Waals surface area contributed by atoms with Crippen molar-refractivity contribution in [2.24, 2.45) is 0 Å². The van der Waals surface area contributed by atoms with Gasteiger partial charge in [-0.25, -0.2) is 4.79 Å². The molecule has 1 aromatic carbocycles. The average molecular weight is 358 g/mol. The summed E-state index contributed by atoms with van der Waals surface area (Å²) in [6.07, 6.45) is 1.37. The second-order valence-corrected chi connectivity index (χ2v) is 5.89. The average Bonchev–Trinajstić information content (AvgIpc) is 2.74. The summed E-state index contributed by atoms with van der Waals surface area (Å²) in [7, 11) is 1.69. The fourth-order valence-corrected chi connectivity index (χ4v) is 2.57. The van der Waals surface area contributed by atoms with Crippen molar-refractivity contribution in [1.29, 1.82) is 0 Å². The van der Waals surface area contributed by atoms with Crippen LogP contribution in [0.1, 0.15) is 16.8 Å². The predicted octanol–water partition coefficient (Wildman–Crippen LogP) is 0.0298. The molecular weight excluding hydrogens is 340 g/mol. The van der Waals surface area contributed by atoms with Gasteiger partial charge in [0, 0.05) is 38.0 Å². The lowest BCUT2D eigenvalue weighted by atomic mass is 10.1. The van der Waals surface area contributed by atoms with E-state index in [9.17, 15) is 19.2 Å². The first-order valence-corrected chi connectivity index (χ1v) is 8.06. The number of hydrogen-bond acceptors (Lipinski definition) is 5. The number of nitrogens with one attached hydrogen (secondary N) is 2.